The Morgan fingerprint density at radius 1 is 0.297 bits per heavy atom. The largest absolute Gasteiger partial charge is 0.457 e. The van der Waals surface area contributed by atoms with E-state index < -0.39 is 0 Å². The summed E-state index contributed by atoms with van der Waals surface area (Å²) in [6.45, 7) is 9.50. The molecule has 0 heterocycles. The normalized spacial score (nSPS) is 14.2. The van der Waals surface area contributed by atoms with Crippen molar-refractivity contribution in [3.63, 3.8) is 0 Å². The Morgan fingerprint density at radius 3 is 1.08 bits per heavy atom. The van der Waals surface area contributed by atoms with Crippen LogP contribution < -0.4 is 9.47 Å². The predicted octanol–water partition coefficient (Wildman–Crippen LogP) is 17.4. The lowest BCUT2D eigenvalue weighted by Crippen LogP contribution is -2.15. The summed E-state index contributed by atoms with van der Waals surface area (Å²) in [6.07, 6.45) is 0. The molecule has 304 valence electrons. The van der Waals surface area contributed by atoms with E-state index in [4.69, 9.17) is 9.47 Å². The second-order valence-electron chi connectivity index (χ2n) is 18.7. The lowest BCUT2D eigenvalue weighted by atomic mass is 9.79. The monoisotopic (exact) mass is 820 g/mol. The fraction of sp³-hybridized carbons (Fsp3) is 0.0968. The molecule has 0 saturated carbocycles. The van der Waals surface area contributed by atoms with E-state index in [1.54, 1.807) is 0 Å². The van der Waals surface area contributed by atoms with E-state index in [1.807, 2.05) is 60.7 Å². The molecule has 0 unspecified atom stereocenters. The molecule has 12 aromatic carbocycles. The van der Waals surface area contributed by atoms with Crippen LogP contribution in [0.4, 0.5) is 0 Å². The minimum atomic E-state index is 0.0145. The first kappa shape index (κ1) is 36.9. The van der Waals surface area contributed by atoms with Crippen molar-refractivity contribution in [2.24, 2.45) is 0 Å². The molecule has 2 nitrogen and oxygen atoms in total. The molecule has 0 atom stereocenters. The van der Waals surface area contributed by atoms with Crippen LogP contribution >= 0.6 is 0 Å². The summed E-state index contributed by atoms with van der Waals surface area (Å²) in [4.78, 5) is 0. The highest BCUT2D eigenvalue weighted by atomic mass is 16.5. The van der Waals surface area contributed by atoms with E-state index in [0.717, 1.165) is 33.8 Å². The van der Waals surface area contributed by atoms with Gasteiger partial charge in [-0.25, -0.2) is 0 Å². The Bertz CT molecular complexity index is 3570. The second-order valence-corrected chi connectivity index (χ2v) is 18.7. The van der Waals surface area contributed by atoms with Gasteiger partial charge in [0, 0.05) is 32.4 Å². The summed E-state index contributed by atoms with van der Waals surface area (Å²) in [7, 11) is 0. The van der Waals surface area contributed by atoms with Crippen molar-refractivity contribution < 1.29 is 9.47 Å². The molecule has 64 heavy (non-hydrogen) atoms. The zero-order chi connectivity index (χ0) is 42.9. The quantitative estimate of drug-likeness (QED) is 0.165. The third-order valence-electron chi connectivity index (χ3n) is 14.5. The molecule has 2 aliphatic carbocycles. The molecule has 12 aromatic rings. The Kier molecular flexibility index (Phi) is 7.74. The molecule has 2 heteroatoms. The lowest BCUT2D eigenvalue weighted by Gasteiger charge is -2.24. The minimum Gasteiger partial charge on any atom is -0.457 e. The fourth-order valence-electron chi connectivity index (χ4n) is 11.5. The number of hydrogen-bond acceptors (Lipinski definition) is 2. The standard InChI is InChI=1S/C34H26.C28H18O2/c1-33(2)25-11-7-5-9-21(25)31-23-15-14-20-18-28-32(22-10-6-8-12-26(22)34(28,3)4)24-16-13-19(17-27(31)33)29(23)30(20)24;1-3-7-21(8-4-1)29-25-17-13-19-12-16-24-26(30-22-9-5-2-6-10-22)18-14-20-11-15-23(25)27(19)28(20)24/h5-18H,1-4H3;1-18H. The average Bonchev–Trinajstić information content (AvgIpc) is 3.70. The summed E-state index contributed by atoms with van der Waals surface area (Å²) in [6, 6.07) is 69.3. The van der Waals surface area contributed by atoms with Gasteiger partial charge >= 0.3 is 0 Å². The molecule has 0 saturated heterocycles. The van der Waals surface area contributed by atoms with Crippen LogP contribution in [0.5, 0.6) is 23.0 Å². The van der Waals surface area contributed by atoms with Crippen LogP contribution in [0, 0.1) is 0 Å². The Labute approximate surface area is 372 Å². The third-order valence-corrected chi connectivity index (χ3v) is 14.5. The first-order valence-corrected chi connectivity index (χ1v) is 22.4. The Morgan fingerprint density at radius 2 is 0.641 bits per heavy atom. The summed E-state index contributed by atoms with van der Waals surface area (Å²) in [5.74, 6) is 3.39. The minimum absolute atomic E-state index is 0.0145. The molecule has 14 rings (SSSR count). The summed E-state index contributed by atoms with van der Waals surface area (Å²) < 4.78 is 12.5. The molecule has 0 amide bonds. The van der Waals surface area contributed by atoms with E-state index in [0.29, 0.717) is 0 Å². The van der Waals surface area contributed by atoms with Gasteiger partial charge in [-0.1, -0.05) is 161 Å². The van der Waals surface area contributed by atoms with Gasteiger partial charge in [0.1, 0.15) is 23.0 Å². The van der Waals surface area contributed by atoms with Crippen molar-refractivity contribution >= 4 is 64.6 Å². The van der Waals surface area contributed by atoms with Crippen LogP contribution in [-0.2, 0) is 10.8 Å². The van der Waals surface area contributed by atoms with Crippen LogP contribution in [0.25, 0.3) is 86.9 Å². The van der Waals surface area contributed by atoms with Crippen molar-refractivity contribution in [1.29, 1.82) is 0 Å². The van der Waals surface area contributed by atoms with Gasteiger partial charge in [-0.15, -0.1) is 0 Å². The van der Waals surface area contributed by atoms with E-state index in [1.165, 1.54) is 98.4 Å². The molecule has 0 N–H and O–H groups in total. The number of fused-ring (bicyclic) bond motifs is 8. The molecule has 2 aliphatic rings. The molecule has 0 aromatic heterocycles. The molecule has 0 spiro atoms. The molecular formula is C62H44O2. The predicted molar refractivity (Wildman–Crippen MR) is 268 cm³/mol. The summed E-state index contributed by atoms with van der Waals surface area (Å²) in [5.41, 5.74) is 11.5. The molecule has 0 fully saturated rings. The van der Waals surface area contributed by atoms with Crippen molar-refractivity contribution in [3.05, 3.63) is 216 Å². The van der Waals surface area contributed by atoms with E-state index in [2.05, 4.69) is 161 Å². The number of ether oxygens (including phenoxy) is 2. The first-order chi connectivity index (χ1) is 31.3. The van der Waals surface area contributed by atoms with Crippen LogP contribution in [0.15, 0.2) is 194 Å². The zero-order valence-electron chi connectivity index (χ0n) is 36.3. The van der Waals surface area contributed by atoms with Crippen LogP contribution in [0.1, 0.15) is 49.9 Å². The number of para-hydroxylation sites is 2. The number of benzene rings is 12. The third kappa shape index (κ3) is 5.20. The van der Waals surface area contributed by atoms with E-state index >= 15 is 0 Å². The van der Waals surface area contributed by atoms with Gasteiger partial charge in [0.2, 0.25) is 0 Å². The molecule has 0 radical (unpaired) electrons. The highest BCUT2D eigenvalue weighted by Crippen LogP contribution is 2.57. The lowest BCUT2D eigenvalue weighted by molar-refractivity contribution is 0.488. The highest BCUT2D eigenvalue weighted by Gasteiger charge is 2.39. The van der Waals surface area contributed by atoms with Crippen LogP contribution in [0.2, 0.25) is 0 Å². The van der Waals surface area contributed by atoms with Gasteiger partial charge in [-0.3, -0.25) is 0 Å². The maximum absolute atomic E-state index is 6.23. The topological polar surface area (TPSA) is 18.5 Å². The van der Waals surface area contributed by atoms with Crippen LogP contribution in [0.3, 0.4) is 0 Å². The van der Waals surface area contributed by atoms with Gasteiger partial charge in [0.15, 0.2) is 0 Å². The molecule has 0 bridgehead atoms. The zero-order valence-corrected chi connectivity index (χ0v) is 36.3. The van der Waals surface area contributed by atoms with Gasteiger partial charge in [-0.2, -0.15) is 0 Å². The smallest absolute Gasteiger partial charge is 0.135 e. The van der Waals surface area contributed by atoms with Gasteiger partial charge < -0.3 is 9.47 Å². The maximum Gasteiger partial charge on any atom is 0.135 e. The van der Waals surface area contributed by atoms with Crippen molar-refractivity contribution in [2.45, 2.75) is 38.5 Å². The Hall–Kier alpha value is -7.68. The summed E-state index contributed by atoms with van der Waals surface area (Å²) >= 11 is 0. The fourth-order valence-corrected chi connectivity index (χ4v) is 11.5. The van der Waals surface area contributed by atoms with Crippen LogP contribution in [-0.4, -0.2) is 0 Å². The van der Waals surface area contributed by atoms with E-state index in [9.17, 15) is 0 Å². The Balaban J connectivity index is 0.000000130. The SMILES string of the molecule is CC1(C)c2ccccc2-c2c1cc1ccc3c4c(cc5ccc2c1c53)C(C)(C)c1ccccc1-4.c1ccc(Oc2ccc3ccc4c(Oc5ccccc5)ccc5ccc2c3c54)cc1. The molecule has 0 aliphatic heterocycles. The number of rotatable bonds is 4. The average molecular weight is 821 g/mol. The van der Waals surface area contributed by atoms with Gasteiger partial charge in [0.05, 0.1) is 0 Å². The number of hydrogen-bond donors (Lipinski definition) is 0. The molecular weight excluding hydrogens is 777 g/mol. The van der Waals surface area contributed by atoms with Crippen molar-refractivity contribution in [3.8, 4) is 45.3 Å². The van der Waals surface area contributed by atoms with Crippen molar-refractivity contribution in [2.75, 3.05) is 0 Å². The second kappa shape index (κ2) is 13.4. The maximum atomic E-state index is 6.23. The first-order valence-electron chi connectivity index (χ1n) is 22.4. The van der Waals surface area contributed by atoms with Gasteiger partial charge in [-0.05, 0) is 148 Å². The summed E-state index contributed by atoms with van der Waals surface area (Å²) in [5, 5.41) is 15.4. The van der Waals surface area contributed by atoms with Gasteiger partial charge in [0.25, 0.3) is 0 Å². The highest BCUT2D eigenvalue weighted by molar-refractivity contribution is 6.29. The van der Waals surface area contributed by atoms with E-state index in [-0.39, 0.29) is 10.8 Å². The van der Waals surface area contributed by atoms with Crippen molar-refractivity contribution in [1.82, 2.24) is 0 Å².